The fourth-order valence-corrected chi connectivity index (χ4v) is 5.49. The molecule has 3 aromatic heterocycles. The zero-order chi connectivity index (χ0) is 29.5. The van der Waals surface area contributed by atoms with Crippen molar-refractivity contribution in [3.63, 3.8) is 0 Å². The van der Waals surface area contributed by atoms with Crippen molar-refractivity contribution < 1.29 is 19.5 Å². The van der Waals surface area contributed by atoms with Crippen LogP contribution >= 0.6 is 0 Å². The van der Waals surface area contributed by atoms with Gasteiger partial charge in [0, 0.05) is 48.0 Å². The minimum absolute atomic E-state index is 0.0712. The molecular formula is C31H29N7O4. The maximum absolute atomic E-state index is 13.1. The number of fused-ring (bicyclic) bond motifs is 1. The number of piperidine rings is 1. The van der Waals surface area contributed by atoms with Crippen molar-refractivity contribution >= 4 is 34.8 Å². The molecule has 4 aromatic rings. The molecule has 2 aliphatic rings. The fraction of sp³-hybridized carbons (Fsp3) is 0.258. The smallest absolute Gasteiger partial charge is 0.272 e. The van der Waals surface area contributed by atoms with E-state index in [1.807, 2.05) is 42.5 Å². The molecule has 3 N–H and O–H groups in total. The largest absolute Gasteiger partial charge is 0.511 e. The lowest BCUT2D eigenvalue weighted by Gasteiger charge is -2.32. The molecule has 1 aromatic carbocycles. The van der Waals surface area contributed by atoms with Crippen LogP contribution in [0.3, 0.4) is 0 Å². The van der Waals surface area contributed by atoms with Gasteiger partial charge in [-0.2, -0.15) is 9.61 Å². The minimum atomic E-state index is -0.755. The number of aliphatic hydroxyl groups is 1. The number of aliphatic hydroxyl groups excluding tert-OH is 1. The van der Waals surface area contributed by atoms with Crippen LogP contribution in [0.5, 0.6) is 0 Å². The SMILES string of the molecule is CC(=O)c1c(C2CCN(C(=O)C3=NC(=O)C(C)C(O)=C3)CC2)nc2c(-c3ccc(-c4ccccc4)nc3)cnn2c1N. The predicted molar refractivity (Wildman–Crippen MR) is 157 cm³/mol. The van der Waals surface area contributed by atoms with Gasteiger partial charge in [-0.1, -0.05) is 36.4 Å². The van der Waals surface area contributed by atoms with Crippen LogP contribution in [0.4, 0.5) is 5.82 Å². The molecule has 1 saturated heterocycles. The molecule has 0 aliphatic carbocycles. The van der Waals surface area contributed by atoms with Crippen LogP contribution in [0.1, 0.15) is 48.7 Å². The molecule has 11 nitrogen and oxygen atoms in total. The maximum atomic E-state index is 13.1. The van der Waals surface area contributed by atoms with E-state index in [9.17, 15) is 19.5 Å². The second-order valence-electron chi connectivity index (χ2n) is 10.6. The molecule has 5 heterocycles. The van der Waals surface area contributed by atoms with Crippen LogP contribution < -0.4 is 5.73 Å². The van der Waals surface area contributed by atoms with Crippen molar-refractivity contribution in [3.8, 4) is 22.4 Å². The third-order valence-electron chi connectivity index (χ3n) is 7.92. The summed E-state index contributed by atoms with van der Waals surface area (Å²) in [6.07, 6.45) is 5.75. The summed E-state index contributed by atoms with van der Waals surface area (Å²) < 4.78 is 1.48. The first-order valence-corrected chi connectivity index (χ1v) is 13.7. The van der Waals surface area contributed by atoms with Crippen molar-refractivity contribution in [2.45, 2.75) is 32.6 Å². The summed E-state index contributed by atoms with van der Waals surface area (Å²) in [4.78, 5) is 52.9. The van der Waals surface area contributed by atoms with Gasteiger partial charge in [-0.05, 0) is 32.8 Å². The number of carbonyl (C=O) groups excluding carboxylic acids is 3. The van der Waals surface area contributed by atoms with E-state index in [1.54, 1.807) is 17.3 Å². The summed E-state index contributed by atoms with van der Waals surface area (Å²) in [6, 6.07) is 13.8. The topological polar surface area (TPSA) is 156 Å². The van der Waals surface area contributed by atoms with Crippen LogP contribution in [0.25, 0.3) is 28.0 Å². The van der Waals surface area contributed by atoms with Crippen molar-refractivity contribution in [1.29, 1.82) is 0 Å². The van der Waals surface area contributed by atoms with E-state index in [-0.39, 0.29) is 29.0 Å². The number of ketones is 1. The molecule has 6 rings (SSSR count). The van der Waals surface area contributed by atoms with Crippen LogP contribution in [0.15, 0.2) is 71.7 Å². The average Bonchev–Trinajstić information content (AvgIpc) is 3.44. The van der Waals surface area contributed by atoms with E-state index < -0.39 is 17.7 Å². The minimum Gasteiger partial charge on any atom is -0.511 e. The normalized spacial score (nSPS) is 17.7. The summed E-state index contributed by atoms with van der Waals surface area (Å²) in [5, 5.41) is 14.5. The number of likely N-dealkylation sites (tertiary alicyclic amines) is 1. The van der Waals surface area contributed by atoms with E-state index in [4.69, 9.17) is 10.7 Å². The molecule has 11 heteroatoms. The first-order chi connectivity index (χ1) is 20.2. The van der Waals surface area contributed by atoms with Crippen molar-refractivity contribution in [3.05, 3.63) is 78.0 Å². The maximum Gasteiger partial charge on any atom is 0.272 e. The number of anilines is 1. The molecule has 0 radical (unpaired) electrons. The molecule has 1 atom stereocenters. The van der Waals surface area contributed by atoms with Crippen LogP contribution in [-0.4, -0.2) is 66.0 Å². The molecular weight excluding hydrogens is 534 g/mol. The standard InChI is InChI=1S/C31H29N7O4/c1-17-25(40)14-24(35-30(17)41)31(42)37-12-10-20(11-13-37)27-26(18(2)39)28(32)38-29(36-27)22(16-34-38)21-8-9-23(33-15-21)19-6-4-3-5-7-19/h3-9,14-17,20,40H,10-13,32H2,1-2H3. The van der Waals surface area contributed by atoms with Crippen LogP contribution in [0.2, 0.25) is 0 Å². The molecule has 212 valence electrons. The van der Waals surface area contributed by atoms with E-state index in [2.05, 4.69) is 15.1 Å². The van der Waals surface area contributed by atoms with Gasteiger partial charge >= 0.3 is 0 Å². The van der Waals surface area contributed by atoms with Crippen LogP contribution in [0, 0.1) is 5.92 Å². The Bertz CT molecular complexity index is 1780. The number of nitrogens with two attached hydrogens (primary N) is 1. The number of rotatable bonds is 5. The molecule has 0 spiro atoms. The highest BCUT2D eigenvalue weighted by atomic mass is 16.3. The van der Waals surface area contributed by atoms with Crippen molar-refractivity contribution in [1.82, 2.24) is 24.5 Å². The second-order valence-corrected chi connectivity index (χ2v) is 10.6. The Morgan fingerprint density at radius 1 is 1.02 bits per heavy atom. The lowest BCUT2D eigenvalue weighted by Crippen LogP contribution is -2.42. The molecule has 42 heavy (non-hydrogen) atoms. The number of aromatic nitrogens is 4. The van der Waals surface area contributed by atoms with Gasteiger partial charge in [-0.15, -0.1) is 0 Å². The fourth-order valence-electron chi connectivity index (χ4n) is 5.49. The third-order valence-corrected chi connectivity index (χ3v) is 7.92. The number of carbonyl (C=O) groups is 3. The van der Waals surface area contributed by atoms with Gasteiger partial charge in [0.2, 0.25) is 0 Å². The summed E-state index contributed by atoms with van der Waals surface area (Å²) in [6.45, 7) is 3.72. The summed E-state index contributed by atoms with van der Waals surface area (Å²) in [5.74, 6) is -2.03. The summed E-state index contributed by atoms with van der Waals surface area (Å²) >= 11 is 0. The van der Waals surface area contributed by atoms with Gasteiger partial charge in [0.05, 0.1) is 29.1 Å². The highest BCUT2D eigenvalue weighted by Gasteiger charge is 2.33. The Labute approximate surface area is 241 Å². The number of hydrogen-bond donors (Lipinski definition) is 2. The van der Waals surface area contributed by atoms with E-state index in [0.717, 1.165) is 22.4 Å². The quantitative estimate of drug-likeness (QED) is 0.345. The number of nitrogen functional groups attached to an aromatic ring is 1. The van der Waals surface area contributed by atoms with Gasteiger partial charge in [-0.3, -0.25) is 19.4 Å². The Hall–Kier alpha value is -5.19. The average molecular weight is 564 g/mol. The molecule has 2 aliphatic heterocycles. The van der Waals surface area contributed by atoms with Gasteiger partial charge in [-0.25, -0.2) is 9.98 Å². The lowest BCUT2D eigenvalue weighted by molar-refractivity contribution is -0.126. The van der Waals surface area contributed by atoms with Gasteiger partial charge in [0.15, 0.2) is 11.4 Å². The van der Waals surface area contributed by atoms with Crippen LogP contribution in [-0.2, 0) is 9.59 Å². The number of aliphatic imine (C=N–C) groups is 1. The molecule has 0 saturated carbocycles. The van der Waals surface area contributed by atoms with Gasteiger partial charge in [0.1, 0.15) is 17.3 Å². The van der Waals surface area contributed by atoms with Crippen molar-refractivity contribution in [2.24, 2.45) is 10.9 Å². The highest BCUT2D eigenvalue weighted by Crippen LogP contribution is 2.35. The monoisotopic (exact) mass is 563 g/mol. The van der Waals surface area contributed by atoms with E-state index >= 15 is 0 Å². The number of amides is 2. The molecule has 0 bridgehead atoms. The Morgan fingerprint density at radius 3 is 2.40 bits per heavy atom. The highest BCUT2D eigenvalue weighted by molar-refractivity contribution is 6.45. The summed E-state index contributed by atoms with van der Waals surface area (Å²) in [5.41, 5.74) is 11.3. The second kappa shape index (κ2) is 10.7. The Balaban J connectivity index is 1.29. The van der Waals surface area contributed by atoms with E-state index in [0.29, 0.717) is 42.8 Å². The zero-order valence-corrected chi connectivity index (χ0v) is 23.2. The predicted octanol–water partition coefficient (Wildman–Crippen LogP) is 4.01. The van der Waals surface area contributed by atoms with Crippen molar-refractivity contribution in [2.75, 3.05) is 18.8 Å². The number of dihydropyridines is 1. The Kier molecular flexibility index (Phi) is 6.85. The number of pyridine rings is 1. The number of benzene rings is 1. The Morgan fingerprint density at radius 2 is 1.76 bits per heavy atom. The number of Topliss-reactive ketones (excluding diaryl/α,β-unsaturated/α-hetero) is 1. The van der Waals surface area contributed by atoms with E-state index in [1.165, 1.54) is 24.4 Å². The third kappa shape index (κ3) is 4.72. The first kappa shape index (κ1) is 27.0. The van der Waals surface area contributed by atoms with Gasteiger partial charge < -0.3 is 15.7 Å². The zero-order valence-electron chi connectivity index (χ0n) is 23.2. The summed E-state index contributed by atoms with van der Waals surface area (Å²) in [7, 11) is 0. The number of nitrogens with zero attached hydrogens (tertiary/aromatic N) is 6. The molecule has 1 fully saturated rings. The lowest BCUT2D eigenvalue weighted by atomic mass is 9.89. The first-order valence-electron chi connectivity index (χ1n) is 13.7. The molecule has 1 unspecified atom stereocenters. The number of hydrogen-bond acceptors (Lipinski definition) is 8. The van der Waals surface area contributed by atoms with Gasteiger partial charge in [0.25, 0.3) is 11.8 Å². The molecule has 2 amide bonds.